The number of carbonyl (C=O) groups excluding carboxylic acids is 2. The smallest absolute Gasteiger partial charge is 0.240 e. The van der Waals surface area contributed by atoms with E-state index in [1.54, 1.807) is 0 Å². The van der Waals surface area contributed by atoms with Crippen LogP contribution >= 0.6 is 0 Å². The molecule has 2 amide bonds. The van der Waals surface area contributed by atoms with E-state index in [0.29, 0.717) is 6.54 Å². The fraction of sp³-hybridized carbons (Fsp3) is 0.500. The van der Waals surface area contributed by atoms with Gasteiger partial charge in [-0.1, -0.05) is 30.3 Å². The maximum absolute atomic E-state index is 12.7. The van der Waals surface area contributed by atoms with Gasteiger partial charge in [-0.2, -0.15) is 0 Å². The molecule has 1 saturated carbocycles. The predicted octanol–water partition coefficient (Wildman–Crippen LogP) is 1.48. The molecule has 2 fully saturated rings. The molecule has 0 radical (unpaired) electrons. The summed E-state index contributed by atoms with van der Waals surface area (Å²) in [6.45, 7) is 2.25. The van der Waals surface area contributed by atoms with Crippen molar-refractivity contribution >= 4 is 11.8 Å². The quantitative estimate of drug-likeness (QED) is 0.845. The molecule has 1 saturated heterocycles. The van der Waals surface area contributed by atoms with Crippen LogP contribution in [0.3, 0.4) is 0 Å². The molecule has 20 heavy (non-hydrogen) atoms. The number of hydrogen-bond acceptors (Lipinski definition) is 3. The molecular formula is C16H19NO3. The number of carbonyl (C=O) groups is 2. The van der Waals surface area contributed by atoms with E-state index in [1.165, 1.54) is 4.90 Å². The van der Waals surface area contributed by atoms with Gasteiger partial charge in [0.2, 0.25) is 11.8 Å². The first-order valence-electron chi connectivity index (χ1n) is 7.02. The molecule has 106 valence electrons. The number of benzene rings is 1. The van der Waals surface area contributed by atoms with E-state index in [9.17, 15) is 14.7 Å². The van der Waals surface area contributed by atoms with Crippen LogP contribution in [-0.2, 0) is 15.0 Å². The fourth-order valence-corrected chi connectivity index (χ4v) is 2.95. The van der Waals surface area contributed by atoms with Gasteiger partial charge < -0.3 is 5.11 Å². The molecular weight excluding hydrogens is 254 g/mol. The average Bonchev–Trinajstić information content (AvgIpc) is 3.21. The van der Waals surface area contributed by atoms with Crippen LogP contribution in [0.25, 0.3) is 0 Å². The Kier molecular flexibility index (Phi) is 2.94. The minimum Gasteiger partial charge on any atom is -0.396 e. The second-order valence-corrected chi connectivity index (χ2v) is 6.32. The Morgan fingerprint density at radius 3 is 2.40 bits per heavy atom. The molecule has 1 aliphatic carbocycles. The molecule has 1 aromatic rings. The number of rotatable bonds is 4. The summed E-state index contributed by atoms with van der Waals surface area (Å²) in [4.78, 5) is 26.3. The van der Waals surface area contributed by atoms with Crippen molar-refractivity contribution in [1.82, 2.24) is 4.90 Å². The van der Waals surface area contributed by atoms with Crippen LogP contribution in [0.4, 0.5) is 0 Å². The lowest BCUT2D eigenvalue weighted by Crippen LogP contribution is -2.40. The number of imide groups is 1. The van der Waals surface area contributed by atoms with Crippen LogP contribution < -0.4 is 0 Å². The lowest BCUT2D eigenvalue weighted by molar-refractivity contribution is -0.141. The summed E-state index contributed by atoms with van der Waals surface area (Å²) in [7, 11) is 0. The van der Waals surface area contributed by atoms with E-state index >= 15 is 0 Å². The van der Waals surface area contributed by atoms with Crippen LogP contribution in [-0.4, -0.2) is 35.0 Å². The van der Waals surface area contributed by atoms with Crippen LogP contribution in [0.5, 0.6) is 0 Å². The Labute approximate surface area is 118 Å². The van der Waals surface area contributed by atoms with Crippen molar-refractivity contribution in [3.05, 3.63) is 35.9 Å². The first kappa shape index (κ1) is 13.3. The van der Waals surface area contributed by atoms with Crippen molar-refractivity contribution in [3.8, 4) is 0 Å². The zero-order valence-electron chi connectivity index (χ0n) is 11.6. The van der Waals surface area contributed by atoms with Gasteiger partial charge in [0.1, 0.15) is 0 Å². The lowest BCUT2D eigenvalue weighted by Gasteiger charge is -2.24. The third-order valence-corrected chi connectivity index (χ3v) is 4.72. The first-order valence-corrected chi connectivity index (χ1v) is 7.02. The molecule has 1 N–H and O–H groups in total. The van der Waals surface area contributed by atoms with Crippen molar-refractivity contribution < 1.29 is 14.7 Å². The number of hydrogen-bond donors (Lipinski definition) is 1. The Morgan fingerprint density at radius 1 is 1.20 bits per heavy atom. The van der Waals surface area contributed by atoms with E-state index in [2.05, 4.69) is 0 Å². The average molecular weight is 273 g/mol. The van der Waals surface area contributed by atoms with Crippen molar-refractivity contribution in [1.29, 1.82) is 0 Å². The van der Waals surface area contributed by atoms with Crippen molar-refractivity contribution in [3.63, 3.8) is 0 Å². The third-order valence-electron chi connectivity index (χ3n) is 4.72. The molecule has 3 rings (SSSR count). The second-order valence-electron chi connectivity index (χ2n) is 6.32. The topological polar surface area (TPSA) is 57.6 Å². The standard InChI is InChI=1S/C16H19NO3/c1-15(12-5-3-2-4-6-12)9-13(19)17(14(15)20)10-16(11-18)7-8-16/h2-6,18H,7-11H2,1H3. The summed E-state index contributed by atoms with van der Waals surface area (Å²) in [6.07, 6.45) is 2.00. The second kappa shape index (κ2) is 4.42. The molecule has 0 spiro atoms. The van der Waals surface area contributed by atoms with E-state index in [0.717, 1.165) is 18.4 Å². The number of amides is 2. The highest BCUT2D eigenvalue weighted by Crippen LogP contribution is 2.47. The zero-order valence-corrected chi connectivity index (χ0v) is 11.6. The molecule has 4 nitrogen and oxygen atoms in total. The number of likely N-dealkylation sites (tertiary alicyclic amines) is 1. The zero-order chi connectivity index (χ0) is 14.4. The molecule has 1 unspecified atom stereocenters. The van der Waals surface area contributed by atoms with Crippen molar-refractivity contribution in [2.24, 2.45) is 5.41 Å². The normalized spacial score (nSPS) is 28.0. The van der Waals surface area contributed by atoms with E-state index < -0.39 is 5.41 Å². The summed E-state index contributed by atoms with van der Waals surface area (Å²) < 4.78 is 0. The van der Waals surface area contributed by atoms with E-state index in [4.69, 9.17) is 0 Å². The third kappa shape index (κ3) is 1.95. The largest absolute Gasteiger partial charge is 0.396 e. The summed E-state index contributed by atoms with van der Waals surface area (Å²) in [6, 6.07) is 9.46. The molecule has 1 heterocycles. The molecule has 0 bridgehead atoms. The molecule has 1 aromatic carbocycles. The van der Waals surface area contributed by atoms with Gasteiger partial charge in [-0.15, -0.1) is 0 Å². The maximum Gasteiger partial charge on any atom is 0.240 e. The van der Waals surface area contributed by atoms with Gasteiger partial charge in [0.05, 0.1) is 12.0 Å². The van der Waals surface area contributed by atoms with Gasteiger partial charge in [0, 0.05) is 18.4 Å². The van der Waals surface area contributed by atoms with Gasteiger partial charge in [0.25, 0.3) is 0 Å². The van der Waals surface area contributed by atoms with E-state index in [1.807, 2.05) is 37.3 Å². The number of aliphatic hydroxyl groups excluding tert-OH is 1. The SMILES string of the molecule is CC1(c2ccccc2)CC(=O)N(CC2(CO)CC2)C1=O. The van der Waals surface area contributed by atoms with E-state index in [-0.39, 0.29) is 30.3 Å². The van der Waals surface area contributed by atoms with Crippen LogP contribution in [0.2, 0.25) is 0 Å². The molecule has 1 atom stereocenters. The molecule has 0 aromatic heterocycles. The van der Waals surface area contributed by atoms with Gasteiger partial charge in [-0.25, -0.2) is 0 Å². The van der Waals surface area contributed by atoms with Gasteiger partial charge >= 0.3 is 0 Å². The highest BCUT2D eigenvalue weighted by Gasteiger charge is 2.53. The summed E-state index contributed by atoms with van der Waals surface area (Å²) >= 11 is 0. The Morgan fingerprint density at radius 2 is 1.85 bits per heavy atom. The van der Waals surface area contributed by atoms with Crippen molar-refractivity contribution in [2.75, 3.05) is 13.2 Å². The number of nitrogens with zero attached hydrogens (tertiary/aromatic N) is 1. The van der Waals surface area contributed by atoms with Crippen LogP contribution in [0.15, 0.2) is 30.3 Å². The minimum atomic E-state index is -0.760. The Hall–Kier alpha value is -1.68. The highest BCUT2D eigenvalue weighted by atomic mass is 16.3. The summed E-state index contributed by atoms with van der Waals surface area (Å²) in [5.41, 5.74) is -0.105. The van der Waals surface area contributed by atoms with Gasteiger partial charge in [-0.3, -0.25) is 14.5 Å². The summed E-state index contributed by atoms with van der Waals surface area (Å²) in [5, 5.41) is 9.39. The maximum atomic E-state index is 12.7. The van der Waals surface area contributed by atoms with Crippen LogP contribution in [0.1, 0.15) is 31.7 Å². The Balaban J connectivity index is 1.87. The van der Waals surface area contributed by atoms with Gasteiger partial charge in [-0.05, 0) is 25.3 Å². The molecule has 1 aliphatic heterocycles. The minimum absolute atomic E-state index is 0.0477. The molecule has 4 heteroatoms. The summed E-state index contributed by atoms with van der Waals surface area (Å²) in [5.74, 6) is -0.255. The fourth-order valence-electron chi connectivity index (χ4n) is 2.95. The predicted molar refractivity (Wildman–Crippen MR) is 73.9 cm³/mol. The van der Waals surface area contributed by atoms with Gasteiger partial charge in [0.15, 0.2) is 0 Å². The highest BCUT2D eigenvalue weighted by molar-refractivity contribution is 6.08. The molecule has 2 aliphatic rings. The van der Waals surface area contributed by atoms with Crippen LogP contribution in [0, 0.1) is 5.41 Å². The lowest BCUT2D eigenvalue weighted by atomic mass is 9.81. The Bertz CT molecular complexity index is 550. The monoisotopic (exact) mass is 273 g/mol. The first-order chi connectivity index (χ1) is 9.51. The number of aliphatic hydroxyl groups is 1. The van der Waals surface area contributed by atoms with Crippen molar-refractivity contribution in [2.45, 2.75) is 31.6 Å².